The van der Waals surface area contributed by atoms with Crippen molar-refractivity contribution in [3.05, 3.63) is 23.3 Å². The lowest BCUT2D eigenvalue weighted by Gasteiger charge is -2.36. The first-order chi connectivity index (χ1) is 9.64. The van der Waals surface area contributed by atoms with Crippen LogP contribution >= 0.6 is 0 Å². The van der Waals surface area contributed by atoms with Gasteiger partial charge in [0.15, 0.2) is 11.5 Å². The van der Waals surface area contributed by atoms with Crippen LogP contribution in [0.2, 0.25) is 0 Å². The highest BCUT2D eigenvalue weighted by Gasteiger charge is 2.30. The molecule has 3 nitrogen and oxygen atoms in total. The molecular formula is C17H27NO2. The van der Waals surface area contributed by atoms with Crippen LogP contribution in [0.1, 0.15) is 50.8 Å². The molecule has 1 heterocycles. The molecule has 20 heavy (non-hydrogen) atoms. The molecule has 1 N–H and O–H groups in total. The Morgan fingerprint density at radius 2 is 1.75 bits per heavy atom. The molecule has 0 saturated carbocycles. The molecule has 0 aromatic heterocycles. The van der Waals surface area contributed by atoms with Crippen LogP contribution in [0.3, 0.4) is 0 Å². The van der Waals surface area contributed by atoms with Gasteiger partial charge < -0.3 is 14.8 Å². The van der Waals surface area contributed by atoms with Crippen molar-refractivity contribution in [3.63, 3.8) is 0 Å². The molecule has 1 aliphatic heterocycles. The van der Waals surface area contributed by atoms with Gasteiger partial charge in [0.2, 0.25) is 0 Å². The number of ether oxygens (including phenoxy) is 2. The molecule has 0 bridgehead atoms. The van der Waals surface area contributed by atoms with E-state index in [9.17, 15) is 0 Å². The van der Waals surface area contributed by atoms with Crippen molar-refractivity contribution in [3.8, 4) is 11.5 Å². The molecule has 112 valence electrons. The van der Waals surface area contributed by atoms with Gasteiger partial charge in [-0.2, -0.15) is 0 Å². The third kappa shape index (κ3) is 2.78. The van der Waals surface area contributed by atoms with Crippen molar-refractivity contribution in [1.29, 1.82) is 0 Å². The van der Waals surface area contributed by atoms with Crippen LogP contribution in [0.25, 0.3) is 0 Å². The first kappa shape index (κ1) is 15.2. The largest absolute Gasteiger partial charge is 0.493 e. The van der Waals surface area contributed by atoms with E-state index in [0.717, 1.165) is 17.9 Å². The fraction of sp³-hybridized carbons (Fsp3) is 0.647. The Balaban J connectivity index is 2.47. The lowest BCUT2D eigenvalue weighted by molar-refractivity contribution is 0.293. The van der Waals surface area contributed by atoms with E-state index in [4.69, 9.17) is 9.47 Å². The molecule has 2 atom stereocenters. The summed E-state index contributed by atoms with van der Waals surface area (Å²) >= 11 is 0. The molecule has 3 heteroatoms. The normalized spacial score (nSPS) is 21.7. The van der Waals surface area contributed by atoms with Gasteiger partial charge in [0.05, 0.1) is 14.2 Å². The van der Waals surface area contributed by atoms with E-state index in [2.05, 4.69) is 38.2 Å². The molecule has 2 unspecified atom stereocenters. The molecule has 1 aromatic carbocycles. The highest BCUT2D eigenvalue weighted by molar-refractivity contribution is 5.49. The van der Waals surface area contributed by atoms with Crippen LogP contribution in [0.15, 0.2) is 12.1 Å². The van der Waals surface area contributed by atoms with Crippen molar-refractivity contribution in [2.75, 3.05) is 14.2 Å². The van der Waals surface area contributed by atoms with Gasteiger partial charge in [-0.25, -0.2) is 0 Å². The minimum absolute atomic E-state index is 0.420. The van der Waals surface area contributed by atoms with Crippen LogP contribution in [0.5, 0.6) is 11.5 Å². The summed E-state index contributed by atoms with van der Waals surface area (Å²) < 4.78 is 10.9. The second-order valence-corrected chi connectivity index (χ2v) is 5.73. The van der Waals surface area contributed by atoms with E-state index in [0.29, 0.717) is 18.0 Å². The van der Waals surface area contributed by atoms with Crippen molar-refractivity contribution >= 4 is 0 Å². The second-order valence-electron chi connectivity index (χ2n) is 5.73. The second kappa shape index (κ2) is 6.49. The minimum atomic E-state index is 0.420. The third-order valence-electron chi connectivity index (χ3n) is 4.49. The molecule has 0 aliphatic carbocycles. The standard InChI is InChI=1S/C17H27NO2/c1-6-12(7-2)17-14-10-16(20-5)15(19-4)9-13(14)8-11(3)18-17/h9-12,17-18H,6-8H2,1-5H3. The third-order valence-corrected chi connectivity index (χ3v) is 4.49. The molecule has 0 saturated heterocycles. The van der Waals surface area contributed by atoms with Gasteiger partial charge in [-0.3, -0.25) is 0 Å². The number of nitrogens with one attached hydrogen (secondary N) is 1. The zero-order valence-corrected chi connectivity index (χ0v) is 13.3. The maximum absolute atomic E-state index is 5.47. The number of rotatable bonds is 5. The maximum atomic E-state index is 5.47. The van der Waals surface area contributed by atoms with E-state index in [1.54, 1.807) is 14.2 Å². The minimum Gasteiger partial charge on any atom is -0.493 e. The maximum Gasteiger partial charge on any atom is 0.161 e. The average Bonchev–Trinajstić information content (AvgIpc) is 2.46. The van der Waals surface area contributed by atoms with E-state index >= 15 is 0 Å². The topological polar surface area (TPSA) is 30.5 Å². The Morgan fingerprint density at radius 1 is 1.15 bits per heavy atom. The first-order valence-electron chi connectivity index (χ1n) is 7.65. The lowest BCUT2D eigenvalue weighted by atomic mass is 9.81. The van der Waals surface area contributed by atoms with Crippen LogP contribution in [0.4, 0.5) is 0 Å². The summed E-state index contributed by atoms with van der Waals surface area (Å²) in [7, 11) is 3.41. The van der Waals surface area contributed by atoms with E-state index in [-0.39, 0.29) is 0 Å². The monoisotopic (exact) mass is 277 g/mol. The van der Waals surface area contributed by atoms with Crippen molar-refractivity contribution < 1.29 is 9.47 Å². The number of fused-ring (bicyclic) bond motifs is 1. The van der Waals surface area contributed by atoms with Crippen molar-refractivity contribution in [1.82, 2.24) is 5.32 Å². The van der Waals surface area contributed by atoms with E-state index in [1.165, 1.54) is 24.0 Å². The highest BCUT2D eigenvalue weighted by Crippen LogP contribution is 2.40. The average molecular weight is 277 g/mol. The smallest absolute Gasteiger partial charge is 0.161 e. The number of hydrogen-bond acceptors (Lipinski definition) is 3. The Hall–Kier alpha value is -1.22. The zero-order valence-electron chi connectivity index (χ0n) is 13.3. The molecule has 0 spiro atoms. The number of methoxy groups -OCH3 is 2. The SMILES string of the molecule is CCC(CC)C1NC(C)Cc2cc(OC)c(OC)cc21. The lowest BCUT2D eigenvalue weighted by Crippen LogP contribution is -2.40. The van der Waals surface area contributed by atoms with Crippen LogP contribution in [0, 0.1) is 5.92 Å². The van der Waals surface area contributed by atoms with Gasteiger partial charge in [-0.1, -0.05) is 26.7 Å². The van der Waals surface area contributed by atoms with Gasteiger partial charge in [-0.15, -0.1) is 0 Å². The van der Waals surface area contributed by atoms with E-state index < -0.39 is 0 Å². The Labute approximate surface area is 122 Å². The van der Waals surface area contributed by atoms with Gasteiger partial charge >= 0.3 is 0 Å². The van der Waals surface area contributed by atoms with Crippen molar-refractivity contribution in [2.45, 2.75) is 52.1 Å². The Kier molecular flexibility index (Phi) is 4.92. The quantitative estimate of drug-likeness (QED) is 0.890. The molecule has 2 rings (SSSR count). The predicted molar refractivity (Wildman–Crippen MR) is 82.7 cm³/mol. The van der Waals surface area contributed by atoms with Crippen LogP contribution in [-0.4, -0.2) is 20.3 Å². The van der Waals surface area contributed by atoms with Gasteiger partial charge in [0.25, 0.3) is 0 Å². The summed E-state index contributed by atoms with van der Waals surface area (Å²) in [6.07, 6.45) is 3.43. The summed E-state index contributed by atoms with van der Waals surface area (Å²) in [6, 6.07) is 5.24. The summed E-state index contributed by atoms with van der Waals surface area (Å²) in [4.78, 5) is 0. The van der Waals surface area contributed by atoms with Gasteiger partial charge in [0, 0.05) is 12.1 Å². The molecule has 1 aromatic rings. The van der Waals surface area contributed by atoms with Crippen LogP contribution < -0.4 is 14.8 Å². The summed E-state index contributed by atoms with van der Waals surface area (Å²) in [6.45, 7) is 6.81. The number of benzene rings is 1. The highest BCUT2D eigenvalue weighted by atomic mass is 16.5. The van der Waals surface area contributed by atoms with Gasteiger partial charge in [-0.05, 0) is 42.5 Å². The summed E-state index contributed by atoms with van der Waals surface area (Å²) in [5.41, 5.74) is 2.78. The Morgan fingerprint density at radius 3 is 2.30 bits per heavy atom. The first-order valence-corrected chi connectivity index (χ1v) is 7.65. The van der Waals surface area contributed by atoms with E-state index in [1.807, 2.05) is 0 Å². The van der Waals surface area contributed by atoms with Gasteiger partial charge in [0.1, 0.15) is 0 Å². The molecule has 0 amide bonds. The fourth-order valence-electron chi connectivity index (χ4n) is 3.34. The zero-order chi connectivity index (χ0) is 14.7. The molecular weight excluding hydrogens is 250 g/mol. The van der Waals surface area contributed by atoms with Crippen LogP contribution in [-0.2, 0) is 6.42 Å². The molecule has 1 aliphatic rings. The number of hydrogen-bond donors (Lipinski definition) is 1. The molecule has 0 radical (unpaired) electrons. The summed E-state index contributed by atoms with van der Waals surface area (Å²) in [5, 5.41) is 3.77. The fourth-order valence-corrected chi connectivity index (χ4v) is 3.34. The molecule has 0 fully saturated rings. The summed E-state index contributed by atoms with van der Waals surface area (Å²) in [5.74, 6) is 2.33. The Bertz CT molecular complexity index is 455. The van der Waals surface area contributed by atoms with Crippen molar-refractivity contribution in [2.24, 2.45) is 5.92 Å². The predicted octanol–water partition coefficient (Wildman–Crippen LogP) is 3.72.